The van der Waals surface area contributed by atoms with Gasteiger partial charge >= 0.3 is 5.97 Å². The summed E-state index contributed by atoms with van der Waals surface area (Å²) < 4.78 is 5.11. The summed E-state index contributed by atoms with van der Waals surface area (Å²) in [5.74, 6) is -1.12. The number of carbonyl (C=O) groups is 2. The minimum absolute atomic E-state index is 0.0937. The van der Waals surface area contributed by atoms with Gasteiger partial charge in [-0.05, 0) is 24.8 Å². The van der Waals surface area contributed by atoms with Crippen molar-refractivity contribution in [1.82, 2.24) is 9.88 Å². The number of hydrogen-bond donors (Lipinski definition) is 1. The van der Waals surface area contributed by atoms with E-state index in [0.717, 1.165) is 19.3 Å². The molecule has 1 saturated heterocycles. The summed E-state index contributed by atoms with van der Waals surface area (Å²) in [5.41, 5.74) is 1.09. The number of nitrogens with zero attached hydrogens (tertiary/aromatic N) is 2. The van der Waals surface area contributed by atoms with E-state index in [1.54, 1.807) is 4.90 Å². The van der Waals surface area contributed by atoms with Crippen LogP contribution < -0.4 is 4.74 Å². The monoisotopic (exact) mass is 340 g/mol. The standard InChI is InChI=1S/C19H20N2O4/c1-25-15-11-16(20-17(12-15)19(23)24)18(22)21-9-5-8-14(21)10-13-6-3-2-4-7-13/h2-4,6-7,11-12,14H,5,8-10H2,1H3,(H,23,24). The number of benzene rings is 1. The fourth-order valence-electron chi connectivity index (χ4n) is 3.19. The lowest BCUT2D eigenvalue weighted by Crippen LogP contribution is -2.37. The van der Waals surface area contributed by atoms with Gasteiger partial charge in [0, 0.05) is 24.7 Å². The number of aromatic carboxylic acids is 1. The molecule has 1 atom stereocenters. The number of pyridine rings is 1. The van der Waals surface area contributed by atoms with E-state index in [2.05, 4.69) is 4.98 Å². The van der Waals surface area contributed by atoms with Crippen molar-refractivity contribution < 1.29 is 19.4 Å². The van der Waals surface area contributed by atoms with Crippen molar-refractivity contribution in [2.24, 2.45) is 0 Å². The van der Waals surface area contributed by atoms with E-state index in [0.29, 0.717) is 12.3 Å². The molecule has 1 aromatic heterocycles. The van der Waals surface area contributed by atoms with E-state index in [-0.39, 0.29) is 23.3 Å². The van der Waals surface area contributed by atoms with Crippen LogP contribution in [0.1, 0.15) is 39.4 Å². The number of carboxylic acid groups (broad SMARTS) is 1. The summed E-state index contributed by atoms with van der Waals surface area (Å²) in [6, 6.07) is 12.9. The quantitative estimate of drug-likeness (QED) is 0.905. The van der Waals surface area contributed by atoms with Crippen LogP contribution in [-0.2, 0) is 6.42 Å². The van der Waals surface area contributed by atoms with Gasteiger partial charge in [0.25, 0.3) is 5.91 Å². The molecule has 1 unspecified atom stereocenters. The van der Waals surface area contributed by atoms with Gasteiger partial charge in [-0.25, -0.2) is 9.78 Å². The van der Waals surface area contributed by atoms with Gasteiger partial charge in [-0.1, -0.05) is 30.3 Å². The van der Waals surface area contributed by atoms with Crippen molar-refractivity contribution in [2.45, 2.75) is 25.3 Å². The van der Waals surface area contributed by atoms with Crippen molar-refractivity contribution in [3.8, 4) is 5.75 Å². The van der Waals surface area contributed by atoms with Gasteiger partial charge in [0.2, 0.25) is 0 Å². The fraction of sp³-hybridized carbons (Fsp3) is 0.316. The number of aromatic nitrogens is 1. The third-order valence-electron chi connectivity index (χ3n) is 4.42. The molecular weight excluding hydrogens is 320 g/mol. The minimum atomic E-state index is -1.18. The van der Waals surface area contributed by atoms with Crippen molar-refractivity contribution in [3.05, 3.63) is 59.4 Å². The predicted molar refractivity (Wildman–Crippen MR) is 92.0 cm³/mol. The number of carbonyl (C=O) groups excluding carboxylic acids is 1. The lowest BCUT2D eigenvalue weighted by molar-refractivity contribution is 0.0689. The van der Waals surface area contributed by atoms with Gasteiger partial charge in [0.05, 0.1) is 7.11 Å². The lowest BCUT2D eigenvalue weighted by atomic mass is 10.0. The van der Waals surface area contributed by atoms with E-state index >= 15 is 0 Å². The molecule has 1 fully saturated rings. The first kappa shape index (κ1) is 17.0. The van der Waals surface area contributed by atoms with E-state index in [1.807, 2.05) is 30.3 Å². The highest BCUT2D eigenvalue weighted by atomic mass is 16.5. The first-order valence-electron chi connectivity index (χ1n) is 8.22. The summed E-state index contributed by atoms with van der Waals surface area (Å²) >= 11 is 0. The number of methoxy groups -OCH3 is 1. The molecule has 0 bridgehead atoms. The van der Waals surface area contributed by atoms with Crippen molar-refractivity contribution in [1.29, 1.82) is 0 Å². The molecule has 1 aliphatic heterocycles. The Kier molecular flexibility index (Phi) is 4.97. The van der Waals surface area contributed by atoms with Crippen molar-refractivity contribution in [2.75, 3.05) is 13.7 Å². The maximum atomic E-state index is 12.9. The fourth-order valence-corrected chi connectivity index (χ4v) is 3.19. The summed E-state index contributed by atoms with van der Waals surface area (Å²) in [5, 5.41) is 9.18. The third kappa shape index (κ3) is 3.79. The normalized spacial score (nSPS) is 16.7. The summed E-state index contributed by atoms with van der Waals surface area (Å²) in [6.07, 6.45) is 2.64. The molecule has 2 aromatic rings. The summed E-state index contributed by atoms with van der Waals surface area (Å²) in [4.78, 5) is 29.9. The number of ether oxygens (including phenoxy) is 1. The van der Waals surface area contributed by atoms with Gasteiger partial charge in [-0.2, -0.15) is 0 Å². The van der Waals surface area contributed by atoms with Crippen LogP contribution >= 0.6 is 0 Å². The average molecular weight is 340 g/mol. The van der Waals surface area contributed by atoms with Crippen LogP contribution in [0, 0.1) is 0 Å². The molecule has 1 amide bonds. The molecule has 1 aliphatic rings. The second-order valence-electron chi connectivity index (χ2n) is 6.07. The molecule has 25 heavy (non-hydrogen) atoms. The molecule has 0 aliphatic carbocycles. The molecule has 1 aromatic carbocycles. The molecule has 3 rings (SSSR count). The van der Waals surface area contributed by atoms with E-state index in [9.17, 15) is 14.7 Å². The Morgan fingerprint density at radius 3 is 2.64 bits per heavy atom. The lowest BCUT2D eigenvalue weighted by Gasteiger charge is -2.24. The van der Waals surface area contributed by atoms with Gasteiger partial charge in [-0.3, -0.25) is 4.79 Å². The number of hydrogen-bond acceptors (Lipinski definition) is 4. The summed E-state index contributed by atoms with van der Waals surface area (Å²) in [6.45, 7) is 0.650. The maximum absolute atomic E-state index is 12.9. The first-order valence-corrected chi connectivity index (χ1v) is 8.22. The highest BCUT2D eigenvalue weighted by molar-refractivity contribution is 5.95. The zero-order valence-corrected chi connectivity index (χ0v) is 14.0. The van der Waals surface area contributed by atoms with Crippen LogP contribution in [0.25, 0.3) is 0 Å². The number of carboxylic acids is 1. The molecule has 2 heterocycles. The van der Waals surface area contributed by atoms with Crippen LogP contribution in [-0.4, -0.2) is 46.6 Å². The Morgan fingerprint density at radius 1 is 1.24 bits per heavy atom. The smallest absolute Gasteiger partial charge is 0.354 e. The Balaban J connectivity index is 1.84. The second-order valence-corrected chi connectivity index (χ2v) is 6.07. The largest absolute Gasteiger partial charge is 0.497 e. The zero-order valence-electron chi connectivity index (χ0n) is 14.0. The first-order chi connectivity index (χ1) is 12.1. The Morgan fingerprint density at radius 2 is 1.96 bits per heavy atom. The molecule has 6 nitrogen and oxygen atoms in total. The topological polar surface area (TPSA) is 79.7 Å². The minimum Gasteiger partial charge on any atom is -0.497 e. The highest BCUT2D eigenvalue weighted by Gasteiger charge is 2.30. The SMILES string of the molecule is COc1cc(C(=O)O)nc(C(=O)N2CCCC2Cc2ccccc2)c1. The average Bonchev–Trinajstić information content (AvgIpc) is 3.09. The molecule has 130 valence electrons. The zero-order chi connectivity index (χ0) is 17.8. The van der Waals surface area contributed by atoms with E-state index in [4.69, 9.17) is 4.74 Å². The number of rotatable bonds is 5. The molecule has 1 N–H and O–H groups in total. The molecular formula is C19H20N2O4. The molecule has 0 spiro atoms. The van der Waals surface area contributed by atoms with Crippen molar-refractivity contribution >= 4 is 11.9 Å². The van der Waals surface area contributed by atoms with Crippen molar-refractivity contribution in [3.63, 3.8) is 0 Å². The number of amides is 1. The molecule has 0 saturated carbocycles. The van der Waals surface area contributed by atoms with Crippen LogP contribution in [0.5, 0.6) is 5.75 Å². The van der Waals surface area contributed by atoms with Gasteiger partial charge in [0.15, 0.2) is 5.69 Å². The van der Waals surface area contributed by atoms with Gasteiger partial charge in [-0.15, -0.1) is 0 Å². The summed E-state index contributed by atoms with van der Waals surface area (Å²) in [7, 11) is 1.43. The highest BCUT2D eigenvalue weighted by Crippen LogP contribution is 2.24. The third-order valence-corrected chi connectivity index (χ3v) is 4.42. The maximum Gasteiger partial charge on any atom is 0.354 e. The Bertz CT molecular complexity index is 776. The van der Waals surface area contributed by atoms with Gasteiger partial charge in [0.1, 0.15) is 11.4 Å². The Hall–Kier alpha value is -2.89. The van der Waals surface area contributed by atoms with Crippen LogP contribution in [0.4, 0.5) is 0 Å². The van der Waals surface area contributed by atoms with Gasteiger partial charge < -0.3 is 14.7 Å². The number of likely N-dealkylation sites (tertiary alicyclic amines) is 1. The van der Waals surface area contributed by atoms with E-state index in [1.165, 1.54) is 24.8 Å². The van der Waals surface area contributed by atoms with Crippen LogP contribution in [0.3, 0.4) is 0 Å². The van der Waals surface area contributed by atoms with Crippen LogP contribution in [0.2, 0.25) is 0 Å². The van der Waals surface area contributed by atoms with E-state index < -0.39 is 5.97 Å². The second kappa shape index (κ2) is 7.34. The molecule has 6 heteroatoms. The van der Waals surface area contributed by atoms with Crippen LogP contribution in [0.15, 0.2) is 42.5 Å². The predicted octanol–water partition coefficient (Wildman–Crippen LogP) is 2.64. The molecule has 0 radical (unpaired) electrons. The Labute approximate surface area is 146 Å².